The fourth-order valence-electron chi connectivity index (χ4n) is 1.78. The first-order chi connectivity index (χ1) is 9.22. The van der Waals surface area contributed by atoms with Crippen molar-refractivity contribution in [2.45, 2.75) is 13.0 Å². The Morgan fingerprint density at radius 2 is 2.11 bits per heavy atom. The van der Waals surface area contributed by atoms with Gasteiger partial charge in [-0.25, -0.2) is 4.79 Å². The number of carbonyl (C=O) groups excluding carboxylic acids is 2. The van der Waals surface area contributed by atoms with E-state index in [1.807, 2.05) is 24.3 Å². The van der Waals surface area contributed by atoms with E-state index in [1.165, 1.54) is 4.90 Å². The Balaban J connectivity index is 2.19. The van der Waals surface area contributed by atoms with Crippen LogP contribution in [0.5, 0.6) is 0 Å². The van der Waals surface area contributed by atoms with Crippen LogP contribution < -0.4 is 5.32 Å². The highest BCUT2D eigenvalue weighted by Gasteiger charge is 2.28. The molecule has 2 rings (SSSR count). The lowest BCUT2D eigenvalue weighted by Crippen LogP contribution is -2.30. The predicted molar refractivity (Wildman–Crippen MR) is 69.0 cm³/mol. The molecule has 0 saturated carbocycles. The van der Waals surface area contributed by atoms with Crippen LogP contribution in [-0.2, 0) is 11.3 Å². The van der Waals surface area contributed by atoms with Crippen molar-refractivity contribution in [3.63, 3.8) is 0 Å². The third kappa shape index (κ3) is 3.12. The minimum absolute atomic E-state index is 0.0161. The van der Waals surface area contributed by atoms with E-state index >= 15 is 0 Å². The molecule has 1 aromatic carbocycles. The fourth-order valence-corrected chi connectivity index (χ4v) is 1.78. The van der Waals surface area contributed by atoms with Gasteiger partial charge in [0.1, 0.15) is 0 Å². The SMILES string of the molecule is O=C1CNC(=O)N1Cc1ccccc1C#CCCO. The van der Waals surface area contributed by atoms with Crippen LogP contribution >= 0.6 is 0 Å². The molecule has 5 nitrogen and oxygen atoms in total. The number of aliphatic hydroxyl groups is 1. The van der Waals surface area contributed by atoms with Crippen molar-refractivity contribution in [1.29, 1.82) is 0 Å². The quantitative estimate of drug-likeness (QED) is 0.611. The summed E-state index contributed by atoms with van der Waals surface area (Å²) in [7, 11) is 0. The first-order valence-corrected chi connectivity index (χ1v) is 5.98. The molecule has 1 fully saturated rings. The lowest BCUT2D eigenvalue weighted by Gasteiger charge is -2.13. The Kier molecular flexibility index (Phi) is 4.16. The van der Waals surface area contributed by atoms with Crippen LogP contribution in [0.1, 0.15) is 17.5 Å². The molecular weight excluding hydrogens is 244 g/mol. The Morgan fingerprint density at radius 1 is 1.32 bits per heavy atom. The number of nitrogens with one attached hydrogen (secondary N) is 1. The number of carbonyl (C=O) groups is 2. The first kappa shape index (κ1) is 13.1. The Hall–Kier alpha value is -2.32. The number of nitrogens with zero attached hydrogens (tertiary/aromatic N) is 1. The molecule has 3 amide bonds. The van der Waals surface area contributed by atoms with E-state index in [1.54, 1.807) is 0 Å². The minimum atomic E-state index is -0.372. The zero-order valence-corrected chi connectivity index (χ0v) is 10.3. The molecule has 0 bridgehead atoms. The van der Waals surface area contributed by atoms with Gasteiger partial charge in [-0.05, 0) is 11.6 Å². The lowest BCUT2D eigenvalue weighted by molar-refractivity contribution is -0.125. The van der Waals surface area contributed by atoms with Crippen molar-refractivity contribution in [2.75, 3.05) is 13.2 Å². The van der Waals surface area contributed by atoms with Crippen molar-refractivity contribution in [3.05, 3.63) is 35.4 Å². The van der Waals surface area contributed by atoms with Gasteiger partial charge in [-0.15, -0.1) is 0 Å². The third-order valence-corrected chi connectivity index (χ3v) is 2.74. The summed E-state index contributed by atoms with van der Waals surface area (Å²) in [5, 5.41) is 11.2. The van der Waals surface area contributed by atoms with Crippen LogP contribution in [-0.4, -0.2) is 35.1 Å². The van der Waals surface area contributed by atoms with Gasteiger partial charge in [0.05, 0.1) is 19.7 Å². The zero-order chi connectivity index (χ0) is 13.7. The maximum Gasteiger partial charge on any atom is 0.324 e. The van der Waals surface area contributed by atoms with Gasteiger partial charge in [0.25, 0.3) is 0 Å². The molecule has 0 spiro atoms. The van der Waals surface area contributed by atoms with Crippen LogP contribution in [0.15, 0.2) is 24.3 Å². The van der Waals surface area contributed by atoms with Crippen LogP contribution in [0, 0.1) is 11.8 Å². The predicted octanol–water partition coefficient (Wildman–Crippen LogP) is 0.472. The maximum atomic E-state index is 11.5. The first-order valence-electron chi connectivity index (χ1n) is 5.98. The Morgan fingerprint density at radius 3 is 2.79 bits per heavy atom. The average molecular weight is 258 g/mol. The van der Waals surface area contributed by atoms with E-state index in [0.29, 0.717) is 6.42 Å². The molecule has 1 aliphatic heterocycles. The third-order valence-electron chi connectivity index (χ3n) is 2.74. The molecule has 2 N–H and O–H groups in total. The minimum Gasteiger partial charge on any atom is -0.395 e. The largest absolute Gasteiger partial charge is 0.395 e. The molecule has 0 aromatic heterocycles. The highest BCUT2D eigenvalue weighted by atomic mass is 16.3. The van der Waals surface area contributed by atoms with Crippen molar-refractivity contribution < 1.29 is 14.7 Å². The molecule has 1 heterocycles. The summed E-state index contributed by atoms with van der Waals surface area (Å²) in [5.74, 6) is 5.54. The van der Waals surface area contributed by atoms with Gasteiger partial charge < -0.3 is 10.4 Å². The van der Waals surface area contributed by atoms with Gasteiger partial charge in [-0.2, -0.15) is 0 Å². The Bertz CT molecular complexity index is 541. The summed E-state index contributed by atoms with van der Waals surface area (Å²) < 4.78 is 0. The lowest BCUT2D eigenvalue weighted by atomic mass is 10.1. The van der Waals surface area contributed by atoms with E-state index < -0.39 is 0 Å². The number of aliphatic hydroxyl groups excluding tert-OH is 1. The van der Waals surface area contributed by atoms with E-state index in [2.05, 4.69) is 17.2 Å². The molecular formula is C14H14N2O3. The second-order valence-electron chi connectivity index (χ2n) is 4.07. The van der Waals surface area contributed by atoms with Crippen LogP contribution in [0.4, 0.5) is 4.79 Å². The maximum absolute atomic E-state index is 11.5. The topological polar surface area (TPSA) is 69.6 Å². The highest BCUT2D eigenvalue weighted by Crippen LogP contribution is 2.13. The van der Waals surface area contributed by atoms with Gasteiger partial charge in [0.2, 0.25) is 5.91 Å². The van der Waals surface area contributed by atoms with Gasteiger partial charge in [0, 0.05) is 12.0 Å². The molecule has 0 radical (unpaired) electrons. The normalized spacial score (nSPS) is 14.1. The summed E-state index contributed by atoms with van der Waals surface area (Å²) >= 11 is 0. The molecule has 1 saturated heterocycles. The van der Waals surface area contributed by atoms with Crippen molar-refractivity contribution in [3.8, 4) is 11.8 Å². The number of hydrogen-bond acceptors (Lipinski definition) is 3. The summed E-state index contributed by atoms with van der Waals surface area (Å²) in [5.41, 5.74) is 1.58. The van der Waals surface area contributed by atoms with E-state index in [0.717, 1.165) is 11.1 Å². The number of hydrogen-bond donors (Lipinski definition) is 2. The second-order valence-corrected chi connectivity index (χ2v) is 4.07. The van der Waals surface area contributed by atoms with Gasteiger partial charge in [-0.1, -0.05) is 30.0 Å². The highest BCUT2D eigenvalue weighted by molar-refractivity contribution is 6.01. The number of urea groups is 1. The van der Waals surface area contributed by atoms with Crippen molar-refractivity contribution in [2.24, 2.45) is 0 Å². The van der Waals surface area contributed by atoms with Crippen molar-refractivity contribution >= 4 is 11.9 Å². The molecule has 0 aliphatic carbocycles. The van der Waals surface area contributed by atoms with E-state index in [-0.39, 0.29) is 31.6 Å². The molecule has 5 heteroatoms. The number of amides is 3. The summed E-state index contributed by atoms with van der Waals surface area (Å²) in [6.45, 7) is 0.286. The standard InChI is InChI=1S/C14H14N2O3/c17-8-4-3-6-11-5-1-2-7-12(11)10-16-13(18)9-15-14(16)19/h1-2,5,7,17H,4,8-10H2,(H,15,19). The molecule has 98 valence electrons. The number of benzene rings is 1. The van der Waals surface area contributed by atoms with Crippen molar-refractivity contribution in [1.82, 2.24) is 10.2 Å². The van der Waals surface area contributed by atoms with Gasteiger partial charge in [0.15, 0.2) is 0 Å². The van der Waals surface area contributed by atoms with Crippen LogP contribution in [0.3, 0.4) is 0 Å². The monoisotopic (exact) mass is 258 g/mol. The van der Waals surface area contributed by atoms with Crippen LogP contribution in [0.25, 0.3) is 0 Å². The zero-order valence-electron chi connectivity index (χ0n) is 10.3. The van der Waals surface area contributed by atoms with E-state index in [4.69, 9.17) is 5.11 Å². The second kappa shape index (κ2) is 6.03. The number of rotatable bonds is 3. The number of imide groups is 1. The molecule has 19 heavy (non-hydrogen) atoms. The average Bonchev–Trinajstić information content (AvgIpc) is 2.73. The Labute approximate surface area is 111 Å². The summed E-state index contributed by atoms with van der Waals surface area (Å²) in [6, 6.07) is 6.98. The molecule has 1 aromatic rings. The smallest absolute Gasteiger partial charge is 0.324 e. The molecule has 0 unspecified atom stereocenters. The van der Waals surface area contributed by atoms with E-state index in [9.17, 15) is 9.59 Å². The molecule has 0 atom stereocenters. The fraction of sp³-hybridized carbons (Fsp3) is 0.286. The van der Waals surface area contributed by atoms with Gasteiger partial charge in [-0.3, -0.25) is 9.69 Å². The van der Waals surface area contributed by atoms with Gasteiger partial charge >= 0.3 is 6.03 Å². The summed E-state index contributed by atoms with van der Waals surface area (Å²) in [4.78, 5) is 24.2. The summed E-state index contributed by atoms with van der Waals surface area (Å²) in [6.07, 6.45) is 0.400. The van der Waals surface area contributed by atoms with Crippen LogP contribution in [0.2, 0.25) is 0 Å². The molecule has 1 aliphatic rings.